The Kier molecular flexibility index (Phi) is 5.01. The molecule has 4 heterocycles. The van der Waals surface area contributed by atoms with E-state index in [1.165, 1.54) is 4.90 Å². The van der Waals surface area contributed by atoms with Crippen molar-refractivity contribution in [1.82, 2.24) is 14.8 Å². The molecule has 1 N–H and O–H groups in total. The molecule has 0 saturated carbocycles. The van der Waals surface area contributed by atoms with Gasteiger partial charge in [-0.05, 0) is 19.2 Å². The van der Waals surface area contributed by atoms with Gasteiger partial charge in [0.2, 0.25) is 5.91 Å². The maximum Gasteiger partial charge on any atom is 0.267 e. The van der Waals surface area contributed by atoms with E-state index >= 15 is 0 Å². The number of alkyl halides is 2. The summed E-state index contributed by atoms with van der Waals surface area (Å²) < 4.78 is 33.0. The van der Waals surface area contributed by atoms with Gasteiger partial charge in [0.25, 0.3) is 5.92 Å². The van der Waals surface area contributed by atoms with Crippen LogP contribution in [-0.4, -0.2) is 78.1 Å². The number of rotatable bonds is 6. The maximum absolute atomic E-state index is 13.8. The number of pyridine rings is 1. The van der Waals surface area contributed by atoms with Crippen LogP contribution < -0.4 is 5.32 Å². The van der Waals surface area contributed by atoms with Crippen LogP contribution in [0.4, 0.5) is 14.5 Å². The topological polar surface area (TPSA) is 74.0 Å². The number of carbonyl (C=O) groups is 1. The standard InChI is InChI=1S/C19H23F2N5O2/c1-22-8-15-6-19(20,21)12-26(15)17(27)11-25-4-2-14(10-25)24-16-9-23-7-13-3-5-28-18(13)16/h3,5,7,9,14-15,24H,1-2,4,6,8,10-12H2/t14-,15-/m0/s1. The molecule has 7 nitrogen and oxygen atoms in total. The number of hydrogen-bond acceptors (Lipinski definition) is 6. The van der Waals surface area contributed by atoms with Crippen molar-refractivity contribution in [3.05, 3.63) is 24.7 Å². The molecule has 0 aromatic carbocycles. The summed E-state index contributed by atoms with van der Waals surface area (Å²) >= 11 is 0. The SMILES string of the molecule is C=NC[C@@H]1CC(F)(F)CN1C(=O)CN1CC[C@H](Nc2cncc3ccoc23)C1. The van der Waals surface area contributed by atoms with Crippen molar-refractivity contribution in [2.24, 2.45) is 4.99 Å². The van der Waals surface area contributed by atoms with Gasteiger partial charge < -0.3 is 14.6 Å². The summed E-state index contributed by atoms with van der Waals surface area (Å²) in [5, 5.41) is 4.34. The molecule has 4 rings (SSSR count). The van der Waals surface area contributed by atoms with Crippen molar-refractivity contribution in [1.29, 1.82) is 0 Å². The first-order valence-electron chi connectivity index (χ1n) is 9.35. The van der Waals surface area contributed by atoms with Gasteiger partial charge in [-0.3, -0.25) is 19.7 Å². The largest absolute Gasteiger partial charge is 0.462 e. The minimum atomic E-state index is -2.85. The summed E-state index contributed by atoms with van der Waals surface area (Å²) in [7, 11) is 0. The number of fused-ring (bicyclic) bond motifs is 1. The number of aromatic nitrogens is 1. The van der Waals surface area contributed by atoms with Crippen LogP contribution in [-0.2, 0) is 4.79 Å². The zero-order valence-corrected chi connectivity index (χ0v) is 15.5. The van der Waals surface area contributed by atoms with Crippen molar-refractivity contribution in [2.45, 2.75) is 30.8 Å². The average molecular weight is 391 g/mol. The number of aliphatic imine (C=N–C) groups is 1. The molecule has 0 bridgehead atoms. The molecule has 0 radical (unpaired) electrons. The molecular formula is C19H23F2N5O2. The molecule has 2 aliphatic rings. The fraction of sp³-hybridized carbons (Fsp3) is 0.526. The van der Waals surface area contributed by atoms with Gasteiger partial charge in [-0.15, -0.1) is 0 Å². The molecule has 2 atom stereocenters. The average Bonchev–Trinajstić information content (AvgIpc) is 3.35. The third-order valence-electron chi connectivity index (χ3n) is 5.39. The van der Waals surface area contributed by atoms with E-state index in [0.717, 1.165) is 29.6 Å². The lowest BCUT2D eigenvalue weighted by Gasteiger charge is -2.25. The second-order valence-electron chi connectivity index (χ2n) is 7.53. The van der Waals surface area contributed by atoms with Gasteiger partial charge in [-0.25, -0.2) is 8.78 Å². The third-order valence-corrected chi connectivity index (χ3v) is 5.39. The maximum atomic E-state index is 13.8. The fourth-order valence-electron chi connectivity index (χ4n) is 4.09. The molecule has 9 heteroatoms. The smallest absolute Gasteiger partial charge is 0.267 e. The highest BCUT2D eigenvalue weighted by molar-refractivity contribution is 5.87. The Bertz CT molecular complexity index is 871. The highest BCUT2D eigenvalue weighted by Crippen LogP contribution is 2.32. The number of amides is 1. The Morgan fingerprint density at radius 2 is 2.32 bits per heavy atom. The van der Waals surface area contributed by atoms with E-state index < -0.39 is 18.5 Å². The summed E-state index contributed by atoms with van der Waals surface area (Å²) in [6, 6.07) is 1.42. The lowest BCUT2D eigenvalue weighted by molar-refractivity contribution is -0.134. The summed E-state index contributed by atoms with van der Waals surface area (Å²) in [6.45, 7) is 4.48. The highest BCUT2D eigenvalue weighted by atomic mass is 19.3. The first-order chi connectivity index (χ1) is 13.4. The van der Waals surface area contributed by atoms with Crippen molar-refractivity contribution in [3.8, 4) is 0 Å². The van der Waals surface area contributed by atoms with E-state index in [0.29, 0.717) is 6.54 Å². The molecule has 2 saturated heterocycles. The molecule has 2 aliphatic heterocycles. The number of furan rings is 1. The predicted octanol–water partition coefficient (Wildman–Crippen LogP) is 2.25. The third kappa shape index (κ3) is 3.84. The van der Waals surface area contributed by atoms with E-state index in [2.05, 4.69) is 22.0 Å². The fourth-order valence-corrected chi connectivity index (χ4v) is 4.09. The molecule has 1 amide bonds. The van der Waals surface area contributed by atoms with Crippen LogP contribution in [0.15, 0.2) is 34.1 Å². The van der Waals surface area contributed by atoms with Gasteiger partial charge in [0.15, 0.2) is 5.58 Å². The summed E-state index contributed by atoms with van der Waals surface area (Å²) in [4.78, 5) is 23.8. The predicted molar refractivity (Wildman–Crippen MR) is 102 cm³/mol. The lowest BCUT2D eigenvalue weighted by atomic mass is 10.2. The Balaban J connectivity index is 1.35. The van der Waals surface area contributed by atoms with Crippen molar-refractivity contribution in [3.63, 3.8) is 0 Å². The van der Waals surface area contributed by atoms with E-state index in [1.54, 1.807) is 18.7 Å². The van der Waals surface area contributed by atoms with Crippen LogP contribution in [0.1, 0.15) is 12.8 Å². The van der Waals surface area contributed by atoms with E-state index in [4.69, 9.17) is 4.42 Å². The zero-order chi connectivity index (χ0) is 19.7. The van der Waals surface area contributed by atoms with Gasteiger partial charge in [0.05, 0.1) is 43.8 Å². The van der Waals surface area contributed by atoms with Crippen molar-refractivity contribution in [2.75, 3.05) is 38.0 Å². The monoisotopic (exact) mass is 391 g/mol. The van der Waals surface area contributed by atoms with Gasteiger partial charge in [0, 0.05) is 37.1 Å². The van der Waals surface area contributed by atoms with Gasteiger partial charge in [0.1, 0.15) is 0 Å². The number of nitrogens with zero attached hydrogens (tertiary/aromatic N) is 4. The molecule has 2 aromatic heterocycles. The van der Waals surface area contributed by atoms with Crippen LogP contribution in [0.3, 0.4) is 0 Å². The molecule has 2 fully saturated rings. The lowest BCUT2D eigenvalue weighted by Crippen LogP contribution is -2.44. The van der Waals surface area contributed by atoms with Crippen LogP contribution >= 0.6 is 0 Å². The molecule has 28 heavy (non-hydrogen) atoms. The minimum absolute atomic E-state index is 0.130. The normalized spacial score (nSPS) is 24.7. The van der Waals surface area contributed by atoms with Gasteiger partial charge >= 0.3 is 0 Å². The van der Waals surface area contributed by atoms with Gasteiger partial charge in [-0.1, -0.05) is 0 Å². The van der Waals surface area contributed by atoms with Crippen LogP contribution in [0.25, 0.3) is 11.0 Å². The van der Waals surface area contributed by atoms with Crippen molar-refractivity contribution < 1.29 is 18.0 Å². The Morgan fingerprint density at radius 3 is 3.14 bits per heavy atom. The van der Waals surface area contributed by atoms with E-state index in [1.807, 2.05) is 11.0 Å². The highest BCUT2D eigenvalue weighted by Gasteiger charge is 2.46. The van der Waals surface area contributed by atoms with Crippen LogP contribution in [0.5, 0.6) is 0 Å². The number of halogens is 2. The first-order valence-corrected chi connectivity index (χ1v) is 9.35. The Hall–Kier alpha value is -2.55. The molecule has 150 valence electrons. The van der Waals surface area contributed by atoms with Crippen LogP contribution in [0, 0.1) is 0 Å². The number of nitrogens with one attached hydrogen (secondary N) is 1. The molecule has 2 aromatic rings. The minimum Gasteiger partial charge on any atom is -0.462 e. The quantitative estimate of drug-likeness (QED) is 0.765. The Labute approximate surface area is 161 Å². The van der Waals surface area contributed by atoms with Crippen molar-refractivity contribution >= 4 is 29.3 Å². The first kappa shape index (κ1) is 18.8. The molecule has 0 aliphatic carbocycles. The van der Waals surface area contributed by atoms with Crippen LogP contribution in [0.2, 0.25) is 0 Å². The number of carbonyl (C=O) groups excluding carboxylic acids is 1. The van der Waals surface area contributed by atoms with E-state index in [-0.39, 0.29) is 31.5 Å². The number of anilines is 1. The summed E-state index contributed by atoms with van der Waals surface area (Å²) in [5.41, 5.74) is 1.57. The zero-order valence-electron chi connectivity index (χ0n) is 15.5. The summed E-state index contributed by atoms with van der Waals surface area (Å²) in [5.74, 6) is -3.13. The van der Waals surface area contributed by atoms with Gasteiger partial charge in [-0.2, -0.15) is 0 Å². The summed E-state index contributed by atoms with van der Waals surface area (Å²) in [6.07, 6.45) is 5.58. The number of hydrogen-bond donors (Lipinski definition) is 1. The van der Waals surface area contributed by atoms with E-state index in [9.17, 15) is 13.6 Å². The molecule has 0 unspecified atom stereocenters. The molecular weight excluding hydrogens is 368 g/mol. The second kappa shape index (κ2) is 7.46. The molecule has 0 spiro atoms. The Morgan fingerprint density at radius 1 is 1.46 bits per heavy atom. The second-order valence-corrected chi connectivity index (χ2v) is 7.53. The number of likely N-dealkylation sites (tertiary alicyclic amines) is 2.